The molecule has 0 bridgehead atoms. The number of benzene rings is 2. The number of nitrogens with one attached hydrogen (secondary N) is 1. The largest absolute Gasteiger partial charge is 0.480 e. The summed E-state index contributed by atoms with van der Waals surface area (Å²) in [4.78, 5) is 24.1. The zero-order valence-electron chi connectivity index (χ0n) is 21.9. The molecule has 0 saturated carbocycles. The quantitative estimate of drug-likeness (QED) is 0.187. The molecule has 2 rings (SSSR count). The maximum absolute atomic E-state index is 12.4. The second kappa shape index (κ2) is 18.0. The molecule has 35 heavy (non-hydrogen) atoms. The summed E-state index contributed by atoms with van der Waals surface area (Å²) in [5.41, 5.74) is 0.947. The van der Waals surface area contributed by atoms with E-state index in [9.17, 15) is 14.7 Å². The summed E-state index contributed by atoms with van der Waals surface area (Å²) >= 11 is 0. The van der Waals surface area contributed by atoms with Gasteiger partial charge in [0.1, 0.15) is 6.04 Å². The molecule has 0 aromatic heterocycles. The van der Waals surface area contributed by atoms with Crippen molar-refractivity contribution < 1.29 is 14.7 Å². The molecule has 2 aromatic rings. The lowest BCUT2D eigenvalue weighted by Crippen LogP contribution is -2.42. The van der Waals surface area contributed by atoms with E-state index in [0.29, 0.717) is 12.8 Å². The van der Waals surface area contributed by atoms with Gasteiger partial charge in [-0.3, -0.25) is 4.79 Å². The average Bonchev–Trinajstić information content (AvgIpc) is 2.86. The Morgan fingerprint density at radius 2 is 1.23 bits per heavy atom. The highest BCUT2D eigenvalue weighted by Gasteiger charge is 2.21. The van der Waals surface area contributed by atoms with Crippen LogP contribution >= 0.6 is 0 Å². The van der Waals surface area contributed by atoms with Crippen molar-refractivity contribution in [3.8, 4) is 0 Å². The number of carboxylic acid groups (broad SMARTS) is 1. The van der Waals surface area contributed by atoms with Crippen LogP contribution in [-0.4, -0.2) is 23.0 Å². The monoisotopic (exact) mass is 481 g/mol. The van der Waals surface area contributed by atoms with Crippen LogP contribution in [-0.2, 0) is 16.0 Å². The van der Waals surface area contributed by atoms with Crippen molar-refractivity contribution in [3.63, 3.8) is 0 Å². The highest BCUT2D eigenvalue weighted by Crippen LogP contribution is 2.20. The predicted molar refractivity (Wildman–Crippen MR) is 147 cm³/mol. The van der Waals surface area contributed by atoms with Crippen molar-refractivity contribution in [2.45, 2.75) is 122 Å². The van der Waals surface area contributed by atoms with E-state index >= 15 is 0 Å². The number of amides is 1. The third-order valence-electron chi connectivity index (χ3n) is 6.94. The highest BCUT2D eigenvalue weighted by atomic mass is 16.4. The van der Waals surface area contributed by atoms with Crippen LogP contribution in [0.2, 0.25) is 0 Å². The van der Waals surface area contributed by atoms with E-state index in [4.69, 9.17) is 0 Å². The second-order valence-corrected chi connectivity index (χ2v) is 10.0. The van der Waals surface area contributed by atoms with Crippen molar-refractivity contribution in [2.24, 2.45) is 0 Å². The summed E-state index contributed by atoms with van der Waals surface area (Å²) in [5, 5.41) is 14.5. The standard InChI is InChI=1S/C31H47NO3/c1-2-3-4-5-6-7-8-9-10-11-12-13-14-15-16-24-30(33)32-29(31(34)35)25-27-22-19-21-26-20-17-18-23-28(26)27/h17-23,29H,2-16,24-25H2,1H3,(H,32,33)(H,34,35). The van der Waals surface area contributed by atoms with Crippen LogP contribution in [0.15, 0.2) is 42.5 Å². The fourth-order valence-corrected chi connectivity index (χ4v) is 4.81. The third-order valence-corrected chi connectivity index (χ3v) is 6.94. The van der Waals surface area contributed by atoms with Crippen molar-refractivity contribution in [3.05, 3.63) is 48.0 Å². The Hall–Kier alpha value is -2.36. The van der Waals surface area contributed by atoms with Gasteiger partial charge >= 0.3 is 5.97 Å². The van der Waals surface area contributed by atoms with Crippen molar-refractivity contribution >= 4 is 22.6 Å². The van der Waals surface area contributed by atoms with Crippen molar-refractivity contribution in [2.75, 3.05) is 0 Å². The average molecular weight is 482 g/mol. The van der Waals surface area contributed by atoms with Crippen LogP contribution in [0.5, 0.6) is 0 Å². The Morgan fingerprint density at radius 3 is 1.80 bits per heavy atom. The lowest BCUT2D eigenvalue weighted by molar-refractivity contribution is -0.141. The molecule has 2 aromatic carbocycles. The summed E-state index contributed by atoms with van der Waals surface area (Å²) in [6, 6.07) is 12.9. The first kappa shape index (κ1) is 28.9. The topological polar surface area (TPSA) is 66.4 Å². The highest BCUT2D eigenvalue weighted by molar-refractivity contribution is 5.88. The molecule has 1 amide bonds. The maximum Gasteiger partial charge on any atom is 0.326 e. The second-order valence-electron chi connectivity index (χ2n) is 10.0. The van der Waals surface area contributed by atoms with Crippen LogP contribution in [0.1, 0.15) is 115 Å². The van der Waals surface area contributed by atoms with Gasteiger partial charge in [0.05, 0.1) is 0 Å². The van der Waals surface area contributed by atoms with Crippen LogP contribution in [0.4, 0.5) is 0 Å². The van der Waals surface area contributed by atoms with E-state index in [-0.39, 0.29) is 5.91 Å². The fraction of sp³-hybridized carbons (Fsp3) is 0.613. The summed E-state index contributed by atoms with van der Waals surface area (Å²) < 4.78 is 0. The minimum absolute atomic E-state index is 0.160. The molecule has 4 nitrogen and oxygen atoms in total. The van der Waals surface area contributed by atoms with Gasteiger partial charge in [-0.25, -0.2) is 4.79 Å². The summed E-state index contributed by atoms with van der Waals surface area (Å²) in [5.74, 6) is -1.14. The summed E-state index contributed by atoms with van der Waals surface area (Å²) in [7, 11) is 0. The number of carbonyl (C=O) groups is 2. The fourth-order valence-electron chi connectivity index (χ4n) is 4.81. The van der Waals surface area contributed by atoms with Gasteiger partial charge in [-0.1, -0.05) is 139 Å². The first-order valence-electron chi connectivity index (χ1n) is 14.1. The number of fused-ring (bicyclic) bond motifs is 1. The molecule has 1 atom stereocenters. The summed E-state index contributed by atoms with van der Waals surface area (Å²) in [6.07, 6.45) is 20.0. The maximum atomic E-state index is 12.4. The first-order chi connectivity index (χ1) is 17.1. The minimum Gasteiger partial charge on any atom is -0.480 e. The molecule has 0 heterocycles. The van der Waals surface area contributed by atoms with Crippen molar-refractivity contribution in [1.29, 1.82) is 0 Å². The van der Waals surface area contributed by atoms with Gasteiger partial charge < -0.3 is 10.4 Å². The van der Waals surface area contributed by atoms with Gasteiger partial charge in [0, 0.05) is 12.8 Å². The smallest absolute Gasteiger partial charge is 0.326 e. The third kappa shape index (κ3) is 12.2. The molecule has 1 unspecified atom stereocenters. The van der Waals surface area contributed by atoms with E-state index in [2.05, 4.69) is 12.2 Å². The van der Waals surface area contributed by atoms with E-state index in [1.54, 1.807) is 0 Å². The predicted octanol–water partition coefficient (Wildman–Crippen LogP) is 8.21. The molecule has 0 saturated heterocycles. The number of carbonyl (C=O) groups excluding carboxylic acids is 1. The van der Waals surface area contributed by atoms with Crippen LogP contribution in [0.3, 0.4) is 0 Å². The lowest BCUT2D eigenvalue weighted by Gasteiger charge is -2.16. The van der Waals surface area contributed by atoms with Gasteiger partial charge in [0.15, 0.2) is 0 Å². The Labute approximate surface area is 212 Å². The normalized spacial score (nSPS) is 12.0. The minimum atomic E-state index is -0.984. The van der Waals surface area contributed by atoms with Gasteiger partial charge in [-0.15, -0.1) is 0 Å². The molecule has 0 fully saturated rings. The number of rotatable bonds is 20. The first-order valence-corrected chi connectivity index (χ1v) is 14.1. The Morgan fingerprint density at radius 1 is 0.714 bits per heavy atom. The molecule has 0 aliphatic carbocycles. The van der Waals surface area contributed by atoms with Crippen LogP contribution in [0, 0.1) is 0 Å². The van der Waals surface area contributed by atoms with Gasteiger partial charge in [-0.2, -0.15) is 0 Å². The van der Waals surface area contributed by atoms with Crippen LogP contribution in [0.25, 0.3) is 10.8 Å². The van der Waals surface area contributed by atoms with Crippen LogP contribution < -0.4 is 5.32 Å². The number of hydrogen-bond acceptors (Lipinski definition) is 2. The van der Waals surface area contributed by atoms with E-state index in [0.717, 1.165) is 35.6 Å². The lowest BCUT2D eigenvalue weighted by atomic mass is 9.98. The van der Waals surface area contributed by atoms with E-state index in [1.807, 2.05) is 42.5 Å². The zero-order valence-corrected chi connectivity index (χ0v) is 21.9. The molecule has 194 valence electrons. The zero-order chi connectivity index (χ0) is 25.1. The molecule has 4 heteroatoms. The number of carboxylic acids is 1. The molecule has 0 aliphatic rings. The van der Waals surface area contributed by atoms with E-state index < -0.39 is 12.0 Å². The van der Waals surface area contributed by atoms with Gasteiger partial charge in [-0.05, 0) is 22.8 Å². The Kier molecular flexibility index (Phi) is 14.8. The SMILES string of the molecule is CCCCCCCCCCCCCCCCCC(=O)NC(Cc1cccc2ccccc12)C(=O)O. The Bertz CT molecular complexity index is 858. The Balaban J connectivity index is 1.52. The molecule has 0 spiro atoms. The number of unbranched alkanes of at least 4 members (excludes halogenated alkanes) is 14. The molecule has 0 radical (unpaired) electrons. The van der Waals surface area contributed by atoms with Crippen molar-refractivity contribution in [1.82, 2.24) is 5.32 Å². The number of aliphatic carboxylic acids is 1. The van der Waals surface area contributed by atoms with Gasteiger partial charge in [0.25, 0.3) is 0 Å². The molecule has 2 N–H and O–H groups in total. The van der Waals surface area contributed by atoms with Gasteiger partial charge in [0.2, 0.25) is 5.91 Å². The van der Waals surface area contributed by atoms with E-state index in [1.165, 1.54) is 77.0 Å². The summed E-state index contributed by atoms with van der Waals surface area (Å²) in [6.45, 7) is 2.27. The molecule has 0 aliphatic heterocycles. The molecular weight excluding hydrogens is 434 g/mol. The number of hydrogen-bond donors (Lipinski definition) is 2. The molecular formula is C31H47NO3.